The molecule has 0 radical (unpaired) electrons. The summed E-state index contributed by atoms with van der Waals surface area (Å²) in [5.41, 5.74) is 2.65. The van der Waals surface area contributed by atoms with E-state index in [1.165, 1.54) is 43.1 Å². The summed E-state index contributed by atoms with van der Waals surface area (Å²) in [6.45, 7) is 0. The summed E-state index contributed by atoms with van der Waals surface area (Å²) in [5, 5.41) is 3.11. The monoisotopic (exact) mass is 426 g/mol. The first-order valence-corrected chi connectivity index (χ1v) is 11.9. The highest BCUT2D eigenvalue weighted by Gasteiger charge is 2.57. The van der Waals surface area contributed by atoms with Crippen molar-refractivity contribution in [3.63, 3.8) is 0 Å². The minimum absolute atomic E-state index is 0.127. The van der Waals surface area contributed by atoms with Crippen LogP contribution in [0.15, 0.2) is 78.9 Å². The first kappa shape index (κ1) is 19.3. The van der Waals surface area contributed by atoms with Gasteiger partial charge in [0.05, 0.1) is 0 Å². The average molecular weight is 427 g/mol. The first-order chi connectivity index (χ1) is 15.0. The number of carbonyl (C=O) groups excluding carboxylic acids is 1. The molecule has 1 nitrogen and oxygen atoms in total. The molecule has 0 N–H and O–H groups in total. The molecule has 31 heavy (non-hydrogen) atoms. The summed E-state index contributed by atoms with van der Waals surface area (Å²) in [5.74, 6) is 1.68. The number of carbonyl (C=O) groups is 1. The van der Waals surface area contributed by atoms with Gasteiger partial charge in [-0.2, -0.15) is 0 Å². The molecule has 4 aliphatic rings. The predicted molar refractivity (Wildman–Crippen MR) is 128 cm³/mol. The molecule has 4 aliphatic carbocycles. The van der Waals surface area contributed by atoms with Crippen LogP contribution in [0.2, 0.25) is 5.02 Å². The van der Waals surface area contributed by atoms with Crippen LogP contribution in [0.1, 0.15) is 54.4 Å². The standard InChI is InChI=1S/C29H27ClO/c30-26-9-7-25(8-10-26)29-17-20-13-21(18-29)16-28(15-20,19-29)12-11-27(31)24-6-5-22-3-1-2-4-23(22)14-24/h1-12,14,20-21H,13,15-19H2. The number of benzene rings is 3. The molecule has 0 spiro atoms. The van der Waals surface area contributed by atoms with Gasteiger partial charge in [-0.15, -0.1) is 0 Å². The van der Waals surface area contributed by atoms with Gasteiger partial charge in [0, 0.05) is 10.6 Å². The van der Waals surface area contributed by atoms with Gasteiger partial charge in [-0.05, 0) is 102 Å². The number of hydrogen-bond donors (Lipinski definition) is 0. The van der Waals surface area contributed by atoms with E-state index in [0.717, 1.165) is 34.2 Å². The molecule has 0 heterocycles. The van der Waals surface area contributed by atoms with Crippen LogP contribution in [-0.4, -0.2) is 5.78 Å². The highest BCUT2D eigenvalue weighted by atomic mass is 35.5. The molecule has 3 aromatic carbocycles. The Kier molecular flexibility index (Phi) is 4.40. The molecule has 7 rings (SSSR count). The molecule has 4 saturated carbocycles. The zero-order chi connectivity index (χ0) is 21.1. The normalized spacial score (nSPS) is 31.5. The van der Waals surface area contributed by atoms with Crippen molar-refractivity contribution in [1.29, 1.82) is 0 Å². The summed E-state index contributed by atoms with van der Waals surface area (Å²) >= 11 is 6.18. The molecule has 3 aromatic rings. The van der Waals surface area contributed by atoms with Crippen molar-refractivity contribution in [3.8, 4) is 0 Å². The van der Waals surface area contributed by atoms with Gasteiger partial charge in [-0.3, -0.25) is 4.79 Å². The lowest BCUT2D eigenvalue weighted by Crippen LogP contribution is -2.53. The third kappa shape index (κ3) is 3.34. The molecule has 2 atom stereocenters. The zero-order valence-corrected chi connectivity index (χ0v) is 18.4. The average Bonchev–Trinajstić information content (AvgIpc) is 2.77. The van der Waals surface area contributed by atoms with E-state index in [0.29, 0.717) is 0 Å². The van der Waals surface area contributed by atoms with Crippen molar-refractivity contribution >= 4 is 28.2 Å². The Morgan fingerprint density at radius 2 is 1.58 bits per heavy atom. The Morgan fingerprint density at radius 1 is 0.871 bits per heavy atom. The van der Waals surface area contributed by atoms with Crippen molar-refractivity contribution in [2.75, 3.05) is 0 Å². The maximum atomic E-state index is 13.1. The van der Waals surface area contributed by atoms with Gasteiger partial charge in [0.1, 0.15) is 0 Å². The summed E-state index contributed by atoms with van der Waals surface area (Å²) in [6, 6.07) is 22.8. The largest absolute Gasteiger partial charge is 0.289 e. The molecule has 2 unspecified atom stereocenters. The van der Waals surface area contributed by atoms with Crippen molar-refractivity contribution in [2.45, 2.75) is 43.9 Å². The summed E-state index contributed by atoms with van der Waals surface area (Å²) in [7, 11) is 0. The van der Waals surface area contributed by atoms with E-state index in [4.69, 9.17) is 11.6 Å². The van der Waals surface area contributed by atoms with E-state index in [1.54, 1.807) is 0 Å². The second-order valence-corrected chi connectivity index (χ2v) is 10.8. The number of rotatable bonds is 4. The summed E-state index contributed by atoms with van der Waals surface area (Å²) in [4.78, 5) is 13.1. The zero-order valence-electron chi connectivity index (χ0n) is 17.7. The Labute approximate surface area is 189 Å². The van der Waals surface area contributed by atoms with Gasteiger partial charge >= 0.3 is 0 Å². The predicted octanol–water partition coefficient (Wildman–Crippen LogP) is 7.77. The molecule has 0 saturated heterocycles. The minimum Gasteiger partial charge on any atom is -0.289 e. The molecular formula is C29H27ClO. The fourth-order valence-electron chi connectivity index (χ4n) is 7.36. The Hall–Kier alpha value is -2.38. The van der Waals surface area contributed by atoms with E-state index in [-0.39, 0.29) is 16.6 Å². The van der Waals surface area contributed by atoms with Gasteiger partial charge in [0.15, 0.2) is 5.78 Å². The van der Waals surface area contributed by atoms with Crippen molar-refractivity contribution in [3.05, 3.63) is 95.0 Å². The van der Waals surface area contributed by atoms with Crippen molar-refractivity contribution in [1.82, 2.24) is 0 Å². The molecule has 0 amide bonds. The highest BCUT2D eigenvalue weighted by Crippen LogP contribution is 2.66. The number of ketones is 1. The van der Waals surface area contributed by atoms with Gasteiger partial charge in [0.25, 0.3) is 0 Å². The Bertz CT molecular complexity index is 1170. The van der Waals surface area contributed by atoms with Crippen LogP contribution in [0.25, 0.3) is 10.8 Å². The molecule has 4 bridgehead atoms. The number of halogens is 1. The molecular weight excluding hydrogens is 400 g/mol. The van der Waals surface area contributed by atoms with Crippen molar-refractivity contribution in [2.24, 2.45) is 17.3 Å². The maximum absolute atomic E-state index is 13.1. The lowest BCUT2D eigenvalue weighted by molar-refractivity contribution is -0.0455. The quantitative estimate of drug-likeness (QED) is 0.307. The SMILES string of the molecule is O=C(C=CC12CC3CC(C1)CC(c1ccc(Cl)cc1)(C3)C2)c1ccc2ccccc2c1. The molecule has 156 valence electrons. The van der Waals surface area contributed by atoms with Crippen LogP contribution in [0.5, 0.6) is 0 Å². The molecule has 0 aromatic heterocycles. The molecule has 4 fully saturated rings. The van der Waals surface area contributed by atoms with E-state index in [9.17, 15) is 4.79 Å². The third-order valence-electron chi connectivity index (χ3n) is 8.19. The lowest BCUT2D eigenvalue weighted by atomic mass is 9.43. The topological polar surface area (TPSA) is 17.1 Å². The van der Waals surface area contributed by atoms with Crippen molar-refractivity contribution < 1.29 is 4.79 Å². The molecule has 0 aliphatic heterocycles. The fraction of sp³-hybridized carbons (Fsp3) is 0.345. The maximum Gasteiger partial charge on any atom is 0.185 e. The van der Waals surface area contributed by atoms with E-state index in [2.05, 4.69) is 36.4 Å². The number of hydrogen-bond acceptors (Lipinski definition) is 1. The Morgan fingerprint density at radius 3 is 2.32 bits per heavy atom. The van der Waals surface area contributed by atoms with Gasteiger partial charge < -0.3 is 0 Å². The fourth-order valence-corrected chi connectivity index (χ4v) is 7.49. The smallest absolute Gasteiger partial charge is 0.185 e. The Balaban J connectivity index is 1.30. The van der Waals surface area contributed by atoms with Gasteiger partial charge in [0.2, 0.25) is 0 Å². The van der Waals surface area contributed by atoms with Crippen LogP contribution in [0.4, 0.5) is 0 Å². The third-order valence-corrected chi connectivity index (χ3v) is 8.44. The van der Waals surface area contributed by atoms with Crippen LogP contribution in [0, 0.1) is 17.3 Å². The highest BCUT2D eigenvalue weighted by molar-refractivity contribution is 6.30. The summed E-state index contributed by atoms with van der Waals surface area (Å²) in [6.07, 6.45) is 11.8. The second-order valence-electron chi connectivity index (χ2n) is 10.4. The molecule has 2 heteroatoms. The lowest BCUT2D eigenvalue weighted by Gasteiger charge is -2.62. The van der Waals surface area contributed by atoms with Crippen LogP contribution in [0.3, 0.4) is 0 Å². The van der Waals surface area contributed by atoms with Crippen LogP contribution in [-0.2, 0) is 5.41 Å². The number of allylic oxidation sites excluding steroid dienone is 2. The second kappa shape index (κ2) is 7.07. The van der Waals surface area contributed by atoms with Gasteiger partial charge in [-0.25, -0.2) is 0 Å². The van der Waals surface area contributed by atoms with E-state index in [1.807, 2.05) is 42.5 Å². The van der Waals surface area contributed by atoms with E-state index >= 15 is 0 Å². The van der Waals surface area contributed by atoms with E-state index < -0.39 is 0 Å². The van der Waals surface area contributed by atoms with Crippen LogP contribution < -0.4 is 0 Å². The summed E-state index contributed by atoms with van der Waals surface area (Å²) < 4.78 is 0. The first-order valence-electron chi connectivity index (χ1n) is 11.5. The van der Waals surface area contributed by atoms with Gasteiger partial charge in [-0.1, -0.05) is 66.2 Å². The number of fused-ring (bicyclic) bond motifs is 1. The minimum atomic E-state index is 0.127. The van der Waals surface area contributed by atoms with Crippen LogP contribution >= 0.6 is 11.6 Å².